The van der Waals surface area contributed by atoms with Gasteiger partial charge in [0.15, 0.2) is 0 Å². The van der Waals surface area contributed by atoms with Crippen LogP contribution in [0.5, 0.6) is 11.5 Å². The van der Waals surface area contributed by atoms with E-state index in [4.69, 9.17) is 14.6 Å². The SMILES string of the molecule is COc1ccc(NC(=O)CC(=O)O)c(OC)c1C. The van der Waals surface area contributed by atoms with Crippen LogP contribution in [-0.4, -0.2) is 31.2 Å². The van der Waals surface area contributed by atoms with Crippen LogP contribution >= 0.6 is 0 Å². The van der Waals surface area contributed by atoms with E-state index < -0.39 is 18.3 Å². The van der Waals surface area contributed by atoms with E-state index >= 15 is 0 Å². The third-order valence-electron chi connectivity index (χ3n) is 2.37. The number of benzene rings is 1. The van der Waals surface area contributed by atoms with Crippen LogP contribution in [0.25, 0.3) is 0 Å². The molecule has 0 saturated carbocycles. The Kier molecular flexibility index (Phi) is 4.53. The highest BCUT2D eigenvalue weighted by Gasteiger charge is 2.14. The first kappa shape index (κ1) is 13.8. The molecular formula is C12H15NO5. The Morgan fingerprint density at radius 1 is 1.28 bits per heavy atom. The summed E-state index contributed by atoms with van der Waals surface area (Å²) in [6.45, 7) is 1.78. The number of hydrogen-bond donors (Lipinski definition) is 2. The van der Waals surface area contributed by atoms with E-state index in [0.29, 0.717) is 17.2 Å². The van der Waals surface area contributed by atoms with Gasteiger partial charge < -0.3 is 19.9 Å². The average molecular weight is 253 g/mol. The van der Waals surface area contributed by atoms with E-state index in [1.165, 1.54) is 14.2 Å². The van der Waals surface area contributed by atoms with Crippen molar-refractivity contribution in [1.82, 2.24) is 0 Å². The van der Waals surface area contributed by atoms with Gasteiger partial charge in [-0.1, -0.05) is 0 Å². The van der Waals surface area contributed by atoms with Gasteiger partial charge in [0, 0.05) is 5.56 Å². The second-order valence-corrected chi connectivity index (χ2v) is 3.59. The lowest BCUT2D eigenvalue weighted by molar-refractivity contribution is -0.139. The molecule has 6 heteroatoms. The fourth-order valence-corrected chi connectivity index (χ4v) is 1.59. The Morgan fingerprint density at radius 2 is 1.94 bits per heavy atom. The van der Waals surface area contributed by atoms with Crippen LogP contribution in [0.15, 0.2) is 12.1 Å². The van der Waals surface area contributed by atoms with Crippen molar-refractivity contribution in [1.29, 1.82) is 0 Å². The van der Waals surface area contributed by atoms with Crippen LogP contribution in [0.1, 0.15) is 12.0 Å². The van der Waals surface area contributed by atoms with Crippen molar-refractivity contribution in [3.8, 4) is 11.5 Å². The largest absolute Gasteiger partial charge is 0.496 e. The zero-order chi connectivity index (χ0) is 13.7. The van der Waals surface area contributed by atoms with E-state index in [0.717, 1.165) is 5.56 Å². The minimum Gasteiger partial charge on any atom is -0.496 e. The van der Waals surface area contributed by atoms with Crippen LogP contribution in [-0.2, 0) is 9.59 Å². The highest BCUT2D eigenvalue weighted by molar-refractivity contribution is 6.02. The Labute approximate surface area is 105 Å². The number of aliphatic carboxylic acids is 1. The molecule has 1 aromatic carbocycles. The molecule has 0 unspecified atom stereocenters. The number of ether oxygens (including phenoxy) is 2. The van der Waals surface area contributed by atoms with Crippen LogP contribution in [0.2, 0.25) is 0 Å². The zero-order valence-corrected chi connectivity index (χ0v) is 10.4. The third-order valence-corrected chi connectivity index (χ3v) is 2.37. The molecule has 1 aromatic rings. The first-order valence-corrected chi connectivity index (χ1v) is 5.22. The standard InChI is InChI=1S/C12H15NO5/c1-7-9(17-2)5-4-8(12(7)18-3)13-10(14)6-11(15)16/h4-5H,6H2,1-3H3,(H,13,14)(H,15,16). The van der Waals surface area contributed by atoms with Gasteiger partial charge in [-0.05, 0) is 19.1 Å². The first-order chi connectivity index (χ1) is 8.49. The monoisotopic (exact) mass is 253 g/mol. The van der Waals surface area contributed by atoms with E-state index in [1.807, 2.05) is 0 Å². The summed E-state index contributed by atoms with van der Waals surface area (Å²) in [5, 5.41) is 11.0. The molecule has 2 N–H and O–H groups in total. The molecule has 98 valence electrons. The van der Waals surface area contributed by atoms with Gasteiger partial charge in [0.1, 0.15) is 17.9 Å². The molecule has 0 aliphatic carbocycles. The number of anilines is 1. The number of amides is 1. The van der Waals surface area contributed by atoms with Crippen molar-refractivity contribution >= 4 is 17.6 Å². The predicted molar refractivity (Wildman–Crippen MR) is 65.2 cm³/mol. The maximum Gasteiger partial charge on any atom is 0.312 e. The maximum absolute atomic E-state index is 11.4. The number of rotatable bonds is 5. The van der Waals surface area contributed by atoms with E-state index in [1.54, 1.807) is 19.1 Å². The fourth-order valence-electron chi connectivity index (χ4n) is 1.59. The average Bonchev–Trinajstić information content (AvgIpc) is 2.28. The van der Waals surface area contributed by atoms with Crippen LogP contribution in [0, 0.1) is 6.92 Å². The molecule has 0 radical (unpaired) electrons. The molecule has 0 saturated heterocycles. The molecule has 0 aliphatic rings. The lowest BCUT2D eigenvalue weighted by Gasteiger charge is -2.14. The fraction of sp³-hybridized carbons (Fsp3) is 0.333. The molecule has 0 atom stereocenters. The summed E-state index contributed by atoms with van der Waals surface area (Å²) in [5.74, 6) is -0.710. The zero-order valence-electron chi connectivity index (χ0n) is 10.4. The number of nitrogens with one attached hydrogen (secondary N) is 1. The van der Waals surface area contributed by atoms with Crippen LogP contribution in [0.3, 0.4) is 0 Å². The van der Waals surface area contributed by atoms with Crippen molar-refractivity contribution in [2.45, 2.75) is 13.3 Å². The topological polar surface area (TPSA) is 84.9 Å². The molecule has 0 aromatic heterocycles. The normalized spacial score (nSPS) is 9.72. The molecule has 0 heterocycles. The van der Waals surface area contributed by atoms with Crippen molar-refractivity contribution in [3.63, 3.8) is 0 Å². The van der Waals surface area contributed by atoms with Gasteiger partial charge in [-0.3, -0.25) is 9.59 Å². The van der Waals surface area contributed by atoms with Crippen molar-refractivity contribution in [3.05, 3.63) is 17.7 Å². The molecule has 0 bridgehead atoms. The second kappa shape index (κ2) is 5.90. The van der Waals surface area contributed by atoms with Crippen molar-refractivity contribution in [2.75, 3.05) is 19.5 Å². The Balaban J connectivity index is 2.99. The van der Waals surface area contributed by atoms with Gasteiger partial charge in [0.05, 0.1) is 19.9 Å². The summed E-state index contributed by atoms with van der Waals surface area (Å²) >= 11 is 0. The van der Waals surface area contributed by atoms with E-state index in [9.17, 15) is 9.59 Å². The predicted octanol–water partition coefficient (Wildman–Crippen LogP) is 1.43. The number of carbonyl (C=O) groups excluding carboxylic acids is 1. The lowest BCUT2D eigenvalue weighted by atomic mass is 10.1. The quantitative estimate of drug-likeness (QED) is 0.775. The van der Waals surface area contributed by atoms with Gasteiger partial charge >= 0.3 is 5.97 Å². The summed E-state index contributed by atoms with van der Waals surface area (Å²) in [7, 11) is 3.00. The molecule has 1 amide bonds. The summed E-state index contributed by atoms with van der Waals surface area (Å²) in [5.41, 5.74) is 1.15. The van der Waals surface area contributed by atoms with Gasteiger partial charge in [0.2, 0.25) is 5.91 Å². The minimum absolute atomic E-state index is 0.419. The highest BCUT2D eigenvalue weighted by atomic mass is 16.5. The van der Waals surface area contributed by atoms with Crippen LogP contribution in [0.4, 0.5) is 5.69 Å². The van der Waals surface area contributed by atoms with Gasteiger partial charge in [-0.2, -0.15) is 0 Å². The number of carboxylic acids is 1. The molecule has 18 heavy (non-hydrogen) atoms. The molecule has 1 rings (SSSR count). The first-order valence-electron chi connectivity index (χ1n) is 5.22. The van der Waals surface area contributed by atoms with Gasteiger partial charge in [0.25, 0.3) is 0 Å². The number of hydrogen-bond acceptors (Lipinski definition) is 4. The second-order valence-electron chi connectivity index (χ2n) is 3.59. The Bertz CT molecular complexity index is 470. The smallest absolute Gasteiger partial charge is 0.312 e. The number of carboxylic acid groups (broad SMARTS) is 1. The minimum atomic E-state index is -1.18. The molecular weight excluding hydrogens is 238 g/mol. The third kappa shape index (κ3) is 3.13. The maximum atomic E-state index is 11.4. The van der Waals surface area contributed by atoms with Gasteiger partial charge in [-0.25, -0.2) is 0 Å². The molecule has 6 nitrogen and oxygen atoms in total. The summed E-state index contributed by atoms with van der Waals surface area (Å²) in [6.07, 6.45) is -0.589. The number of methoxy groups -OCH3 is 2. The molecule has 0 spiro atoms. The van der Waals surface area contributed by atoms with Crippen molar-refractivity contribution < 1.29 is 24.2 Å². The summed E-state index contributed by atoms with van der Waals surface area (Å²) in [4.78, 5) is 21.8. The van der Waals surface area contributed by atoms with E-state index in [2.05, 4.69) is 5.32 Å². The van der Waals surface area contributed by atoms with E-state index in [-0.39, 0.29) is 0 Å². The highest BCUT2D eigenvalue weighted by Crippen LogP contribution is 2.34. The van der Waals surface area contributed by atoms with Crippen molar-refractivity contribution in [2.24, 2.45) is 0 Å². The number of carbonyl (C=O) groups is 2. The summed E-state index contributed by atoms with van der Waals surface area (Å²) in [6, 6.07) is 3.28. The molecule has 0 fully saturated rings. The lowest BCUT2D eigenvalue weighted by Crippen LogP contribution is -2.16. The molecule has 0 aliphatic heterocycles. The Hall–Kier alpha value is -2.24. The van der Waals surface area contributed by atoms with Gasteiger partial charge in [-0.15, -0.1) is 0 Å². The summed E-state index contributed by atoms with van der Waals surface area (Å²) < 4.78 is 10.3. The Morgan fingerprint density at radius 3 is 2.44 bits per heavy atom. The van der Waals surface area contributed by atoms with Crippen LogP contribution < -0.4 is 14.8 Å².